The number of aryl methyl sites for hydroxylation is 1. The smallest absolute Gasteiger partial charge is 0.0431 e. The molecule has 1 aromatic carbocycles. The number of hydrogen-bond acceptors (Lipinski definition) is 1. The van der Waals surface area contributed by atoms with Gasteiger partial charge < -0.3 is 5.11 Å². The van der Waals surface area contributed by atoms with Gasteiger partial charge in [0.25, 0.3) is 0 Å². The van der Waals surface area contributed by atoms with Gasteiger partial charge in [0.05, 0.1) is 0 Å². The zero-order chi connectivity index (χ0) is 9.68. The molecule has 0 radical (unpaired) electrons. The van der Waals surface area contributed by atoms with Gasteiger partial charge in [0.15, 0.2) is 0 Å². The van der Waals surface area contributed by atoms with E-state index in [1.54, 1.807) is 0 Å². The van der Waals surface area contributed by atoms with Crippen LogP contribution in [0.4, 0.5) is 0 Å². The molecule has 1 N–H and O–H groups in total. The minimum atomic E-state index is 0.302. The van der Waals surface area contributed by atoms with E-state index in [9.17, 15) is 0 Å². The molecule has 0 saturated heterocycles. The minimum Gasteiger partial charge on any atom is -0.396 e. The summed E-state index contributed by atoms with van der Waals surface area (Å²) in [4.78, 5) is 0. The lowest BCUT2D eigenvalue weighted by Crippen LogP contribution is -1.97. The van der Waals surface area contributed by atoms with E-state index in [1.165, 1.54) is 11.1 Å². The van der Waals surface area contributed by atoms with Crippen molar-refractivity contribution in [3.05, 3.63) is 35.4 Å². The Morgan fingerprint density at radius 3 is 2.62 bits per heavy atom. The van der Waals surface area contributed by atoms with Crippen LogP contribution in [-0.2, 0) is 0 Å². The summed E-state index contributed by atoms with van der Waals surface area (Å²) < 4.78 is 0. The van der Waals surface area contributed by atoms with Gasteiger partial charge in [-0.2, -0.15) is 0 Å². The summed E-state index contributed by atoms with van der Waals surface area (Å²) in [5, 5.41) is 8.73. The molecule has 0 fully saturated rings. The third-order valence-electron chi connectivity index (χ3n) is 2.51. The Labute approximate surface area is 80.4 Å². The van der Waals surface area contributed by atoms with Crippen molar-refractivity contribution < 1.29 is 5.11 Å². The van der Waals surface area contributed by atoms with Crippen LogP contribution in [0.15, 0.2) is 24.3 Å². The SMILES string of the molecule is Cc1ccccc1C(C)CCCO. The first kappa shape index (κ1) is 10.3. The van der Waals surface area contributed by atoms with E-state index >= 15 is 0 Å². The zero-order valence-electron chi connectivity index (χ0n) is 8.46. The summed E-state index contributed by atoms with van der Waals surface area (Å²) in [6.45, 7) is 4.67. The largest absolute Gasteiger partial charge is 0.396 e. The molecule has 13 heavy (non-hydrogen) atoms. The van der Waals surface area contributed by atoms with Crippen LogP contribution >= 0.6 is 0 Å². The zero-order valence-corrected chi connectivity index (χ0v) is 8.46. The second-order valence-electron chi connectivity index (χ2n) is 3.62. The van der Waals surface area contributed by atoms with Crippen molar-refractivity contribution in [3.8, 4) is 0 Å². The Balaban J connectivity index is 2.65. The number of aliphatic hydroxyl groups is 1. The second-order valence-corrected chi connectivity index (χ2v) is 3.62. The molecule has 0 aromatic heterocycles. The maximum absolute atomic E-state index is 8.73. The van der Waals surface area contributed by atoms with E-state index < -0.39 is 0 Å². The van der Waals surface area contributed by atoms with Gasteiger partial charge in [-0.1, -0.05) is 31.2 Å². The van der Waals surface area contributed by atoms with Gasteiger partial charge in [-0.3, -0.25) is 0 Å². The van der Waals surface area contributed by atoms with Crippen LogP contribution in [0.25, 0.3) is 0 Å². The van der Waals surface area contributed by atoms with Crippen LogP contribution in [0.3, 0.4) is 0 Å². The first-order valence-electron chi connectivity index (χ1n) is 4.92. The molecular formula is C12H18O. The molecule has 0 spiro atoms. The number of hydrogen-bond donors (Lipinski definition) is 1. The third kappa shape index (κ3) is 2.85. The monoisotopic (exact) mass is 178 g/mol. The van der Waals surface area contributed by atoms with Crippen LogP contribution in [-0.4, -0.2) is 11.7 Å². The van der Waals surface area contributed by atoms with Crippen molar-refractivity contribution in [1.82, 2.24) is 0 Å². The second kappa shape index (κ2) is 5.03. The highest BCUT2D eigenvalue weighted by atomic mass is 16.2. The summed E-state index contributed by atoms with van der Waals surface area (Å²) in [7, 11) is 0. The van der Waals surface area contributed by atoms with Gasteiger partial charge in [0, 0.05) is 6.61 Å². The van der Waals surface area contributed by atoms with Gasteiger partial charge in [-0.15, -0.1) is 0 Å². The molecule has 1 atom stereocenters. The minimum absolute atomic E-state index is 0.302. The van der Waals surface area contributed by atoms with Crippen molar-refractivity contribution in [2.45, 2.75) is 32.6 Å². The molecule has 0 bridgehead atoms. The maximum Gasteiger partial charge on any atom is 0.0431 e. The van der Waals surface area contributed by atoms with Crippen LogP contribution in [0.2, 0.25) is 0 Å². The highest BCUT2D eigenvalue weighted by Crippen LogP contribution is 2.23. The lowest BCUT2D eigenvalue weighted by Gasteiger charge is -2.13. The molecule has 0 saturated carbocycles. The quantitative estimate of drug-likeness (QED) is 0.751. The van der Waals surface area contributed by atoms with E-state index in [4.69, 9.17) is 5.11 Å². The molecule has 1 nitrogen and oxygen atoms in total. The Morgan fingerprint density at radius 1 is 1.31 bits per heavy atom. The summed E-state index contributed by atoms with van der Waals surface area (Å²) in [5.41, 5.74) is 2.77. The highest BCUT2D eigenvalue weighted by molar-refractivity contribution is 5.28. The van der Waals surface area contributed by atoms with Gasteiger partial charge in [-0.25, -0.2) is 0 Å². The Hall–Kier alpha value is -0.820. The highest BCUT2D eigenvalue weighted by Gasteiger charge is 2.06. The molecule has 1 aromatic rings. The third-order valence-corrected chi connectivity index (χ3v) is 2.51. The van der Waals surface area contributed by atoms with Gasteiger partial charge in [0.2, 0.25) is 0 Å². The van der Waals surface area contributed by atoms with Crippen LogP contribution < -0.4 is 0 Å². The fourth-order valence-electron chi connectivity index (χ4n) is 1.69. The predicted octanol–water partition coefficient (Wildman–Crippen LogP) is 2.87. The Morgan fingerprint density at radius 2 is 2.00 bits per heavy atom. The molecule has 0 amide bonds. The van der Waals surface area contributed by atoms with Crippen LogP contribution in [0.1, 0.15) is 36.8 Å². The number of rotatable bonds is 4. The standard InChI is InChI=1S/C12H18O/c1-10-6-3-4-8-12(10)11(2)7-5-9-13/h3-4,6,8,11,13H,5,7,9H2,1-2H3. The fourth-order valence-corrected chi connectivity index (χ4v) is 1.69. The lowest BCUT2D eigenvalue weighted by atomic mass is 9.93. The number of aliphatic hydroxyl groups excluding tert-OH is 1. The van der Waals surface area contributed by atoms with Crippen molar-refractivity contribution in [2.75, 3.05) is 6.61 Å². The van der Waals surface area contributed by atoms with E-state index in [-0.39, 0.29) is 0 Å². The lowest BCUT2D eigenvalue weighted by molar-refractivity contribution is 0.280. The predicted molar refractivity (Wildman–Crippen MR) is 55.9 cm³/mol. The topological polar surface area (TPSA) is 20.2 Å². The molecule has 0 heterocycles. The Kier molecular flexibility index (Phi) is 3.97. The normalized spacial score (nSPS) is 12.8. The van der Waals surface area contributed by atoms with E-state index in [0.29, 0.717) is 12.5 Å². The molecule has 72 valence electrons. The first-order chi connectivity index (χ1) is 6.25. The fraction of sp³-hybridized carbons (Fsp3) is 0.500. The first-order valence-corrected chi connectivity index (χ1v) is 4.92. The number of benzene rings is 1. The molecule has 0 aliphatic rings. The van der Waals surface area contributed by atoms with E-state index in [2.05, 4.69) is 38.1 Å². The molecule has 0 aliphatic carbocycles. The summed E-state index contributed by atoms with van der Waals surface area (Å²) in [6.07, 6.45) is 1.97. The van der Waals surface area contributed by atoms with Crippen molar-refractivity contribution in [1.29, 1.82) is 0 Å². The Bertz CT molecular complexity index is 255. The van der Waals surface area contributed by atoms with E-state index in [0.717, 1.165) is 12.8 Å². The summed E-state index contributed by atoms with van der Waals surface area (Å²) in [6, 6.07) is 8.47. The van der Waals surface area contributed by atoms with Gasteiger partial charge in [0.1, 0.15) is 0 Å². The van der Waals surface area contributed by atoms with E-state index in [1.807, 2.05) is 0 Å². The van der Waals surface area contributed by atoms with Crippen molar-refractivity contribution in [2.24, 2.45) is 0 Å². The summed E-state index contributed by atoms with van der Waals surface area (Å²) in [5.74, 6) is 0.563. The molecule has 1 unspecified atom stereocenters. The van der Waals surface area contributed by atoms with Crippen LogP contribution in [0, 0.1) is 6.92 Å². The van der Waals surface area contributed by atoms with Gasteiger partial charge in [-0.05, 0) is 36.8 Å². The molecular weight excluding hydrogens is 160 g/mol. The maximum atomic E-state index is 8.73. The van der Waals surface area contributed by atoms with Crippen molar-refractivity contribution >= 4 is 0 Å². The van der Waals surface area contributed by atoms with Gasteiger partial charge >= 0.3 is 0 Å². The van der Waals surface area contributed by atoms with Crippen LogP contribution in [0.5, 0.6) is 0 Å². The average Bonchev–Trinajstić information content (AvgIpc) is 2.15. The van der Waals surface area contributed by atoms with Crippen molar-refractivity contribution in [3.63, 3.8) is 0 Å². The average molecular weight is 178 g/mol. The summed E-state index contributed by atoms with van der Waals surface area (Å²) >= 11 is 0. The molecule has 0 aliphatic heterocycles. The molecule has 1 rings (SSSR count). The molecule has 1 heteroatoms.